The summed E-state index contributed by atoms with van der Waals surface area (Å²) in [5.41, 5.74) is 2.27. The van der Waals surface area contributed by atoms with Crippen LogP contribution in [0.5, 0.6) is 0 Å². The summed E-state index contributed by atoms with van der Waals surface area (Å²) in [5, 5.41) is 36.9. The highest BCUT2D eigenvalue weighted by Gasteiger charge is 2.31. The molecule has 1 aliphatic heterocycles. The highest BCUT2D eigenvalue weighted by molar-refractivity contribution is 7.98. The Balaban J connectivity index is 0.000000667. The third-order valence-electron chi connectivity index (χ3n) is 10.3. The lowest BCUT2D eigenvalue weighted by Crippen LogP contribution is -2.48. The average Bonchev–Trinajstić information content (AvgIpc) is 3.68. The summed E-state index contributed by atoms with van der Waals surface area (Å²) < 4.78 is 71.1. The van der Waals surface area contributed by atoms with Crippen molar-refractivity contribution in [2.24, 2.45) is 7.05 Å². The molecular formula is C43H45F5N6O8S. The third kappa shape index (κ3) is 13.0. The summed E-state index contributed by atoms with van der Waals surface area (Å²) >= 11 is 1.04. The Kier molecular flexibility index (Phi) is 16.3. The molecule has 5 aromatic rings. The van der Waals surface area contributed by atoms with E-state index in [0.717, 1.165) is 79.1 Å². The Morgan fingerprint density at radius 1 is 0.873 bits per heavy atom. The number of likely N-dealkylation sites (tertiary alicyclic amines) is 1. The van der Waals surface area contributed by atoms with Gasteiger partial charge in [0.15, 0.2) is 29.0 Å². The predicted molar refractivity (Wildman–Crippen MR) is 220 cm³/mol. The standard InChI is InChI=1S/C39H39F5N6O2S.C4H6O6/c1-3-48-17-15-33(16-18-48)50(22-26-7-9-28(10-8-26)29-11-13-32(14-12-29)39(42,43)44)35(51)24-49-23-31(19-27-20-45-47(2)21-27)37(52)46-38(49)53-25-30-5-4-6-34(40)36(30)41;5-1(3(7)8)2(6)4(9)10/h4-14,20-21,23,33H,3,15-19,22,24-25H2,1-2H3;1-2,5-6H,(H,7,8)(H,9,10). The van der Waals surface area contributed by atoms with Gasteiger partial charge in [-0.1, -0.05) is 67.2 Å². The number of hydrogen-bond donors (Lipinski definition) is 4. The fourth-order valence-electron chi connectivity index (χ4n) is 6.78. The quantitative estimate of drug-likeness (QED) is 0.0611. The first-order valence-electron chi connectivity index (χ1n) is 19.6. The molecule has 0 aliphatic carbocycles. The molecule has 20 heteroatoms. The number of aryl methyl sites for hydroxylation is 1. The first-order chi connectivity index (χ1) is 29.8. The van der Waals surface area contributed by atoms with E-state index in [9.17, 15) is 41.1 Å². The highest BCUT2D eigenvalue weighted by atomic mass is 32.2. The molecule has 336 valence electrons. The van der Waals surface area contributed by atoms with Crippen molar-refractivity contribution in [1.82, 2.24) is 29.1 Å². The fraction of sp³-hybridized carbons (Fsp3) is 0.349. The van der Waals surface area contributed by atoms with E-state index in [2.05, 4.69) is 21.9 Å². The SMILES string of the molecule is CCN1CCC(N(Cc2ccc(-c3ccc(C(F)(F)F)cc3)cc2)C(=O)Cn2cc(Cc3cnn(C)c3)c(=O)nc2SCc2cccc(F)c2F)CC1.O=C(O)C(O)C(O)C(=O)O. The molecule has 1 saturated heterocycles. The number of aliphatic carboxylic acids is 2. The van der Waals surface area contributed by atoms with Crippen LogP contribution in [-0.4, -0.2) is 105 Å². The number of carbonyl (C=O) groups is 3. The number of halogens is 5. The lowest BCUT2D eigenvalue weighted by atomic mass is 10.00. The number of piperidine rings is 1. The van der Waals surface area contributed by atoms with Crippen molar-refractivity contribution in [1.29, 1.82) is 0 Å². The van der Waals surface area contributed by atoms with Crippen molar-refractivity contribution in [2.45, 2.75) is 74.6 Å². The van der Waals surface area contributed by atoms with Crippen LogP contribution in [0, 0.1) is 11.6 Å². The lowest BCUT2D eigenvalue weighted by molar-refractivity contribution is -0.165. The zero-order valence-electron chi connectivity index (χ0n) is 34.1. The second kappa shape index (κ2) is 21.4. The molecule has 4 N–H and O–H groups in total. The maximum atomic E-state index is 14.6. The van der Waals surface area contributed by atoms with E-state index < -0.39 is 53.1 Å². The maximum Gasteiger partial charge on any atom is 0.416 e. The molecule has 0 bridgehead atoms. The van der Waals surface area contributed by atoms with Crippen molar-refractivity contribution in [3.63, 3.8) is 0 Å². The molecule has 2 atom stereocenters. The van der Waals surface area contributed by atoms with Gasteiger partial charge in [0.1, 0.15) is 6.54 Å². The monoisotopic (exact) mass is 900 g/mol. The van der Waals surface area contributed by atoms with E-state index in [0.29, 0.717) is 11.1 Å². The topological polar surface area (TPSA) is 191 Å². The van der Waals surface area contributed by atoms with E-state index in [-0.39, 0.29) is 47.9 Å². The number of aliphatic hydroxyl groups is 2. The number of hydrogen-bond acceptors (Lipinski definition) is 10. The minimum atomic E-state index is -4.42. The normalized spacial score (nSPS) is 14.4. The molecule has 3 heterocycles. The minimum absolute atomic E-state index is 0.0172. The molecule has 2 unspecified atom stereocenters. The molecule has 2 aromatic heterocycles. The number of benzene rings is 3. The maximum absolute atomic E-state index is 14.6. The summed E-state index contributed by atoms with van der Waals surface area (Å²) in [6.45, 7) is 4.79. The summed E-state index contributed by atoms with van der Waals surface area (Å²) in [6, 6.07) is 16.2. The number of aromatic nitrogens is 4. The van der Waals surface area contributed by atoms with Crippen LogP contribution in [0.3, 0.4) is 0 Å². The smallest absolute Gasteiger partial charge is 0.416 e. The van der Waals surface area contributed by atoms with Crippen molar-refractivity contribution in [3.05, 3.63) is 135 Å². The largest absolute Gasteiger partial charge is 0.479 e. The van der Waals surface area contributed by atoms with Crippen LogP contribution >= 0.6 is 11.8 Å². The minimum Gasteiger partial charge on any atom is -0.479 e. The number of carbonyl (C=O) groups excluding carboxylic acids is 1. The number of carboxylic acids is 2. The molecule has 0 saturated carbocycles. The zero-order valence-corrected chi connectivity index (χ0v) is 34.9. The van der Waals surface area contributed by atoms with Crippen molar-refractivity contribution >= 4 is 29.6 Å². The van der Waals surface area contributed by atoms with Gasteiger partial charge in [-0.05, 0) is 59.8 Å². The Bertz CT molecular complexity index is 2400. The molecule has 14 nitrogen and oxygen atoms in total. The van der Waals surface area contributed by atoms with Gasteiger partial charge in [0, 0.05) is 68.4 Å². The molecule has 0 radical (unpaired) electrons. The number of carboxylic acid groups (broad SMARTS) is 2. The Hall–Kier alpha value is -5.96. The lowest BCUT2D eigenvalue weighted by Gasteiger charge is -2.38. The Morgan fingerprint density at radius 2 is 1.48 bits per heavy atom. The number of thioether (sulfide) groups is 1. The number of nitrogens with zero attached hydrogens (tertiary/aromatic N) is 6. The summed E-state index contributed by atoms with van der Waals surface area (Å²) in [4.78, 5) is 55.7. The molecule has 1 amide bonds. The molecule has 6 rings (SSSR count). The average molecular weight is 901 g/mol. The van der Waals surface area contributed by atoms with Crippen LogP contribution in [0.15, 0.2) is 95.3 Å². The van der Waals surface area contributed by atoms with Gasteiger partial charge >= 0.3 is 18.1 Å². The summed E-state index contributed by atoms with van der Waals surface area (Å²) in [7, 11) is 1.77. The predicted octanol–water partition coefficient (Wildman–Crippen LogP) is 5.21. The van der Waals surface area contributed by atoms with Crippen LogP contribution in [-0.2, 0) is 52.9 Å². The van der Waals surface area contributed by atoms with Gasteiger partial charge in [0.05, 0.1) is 11.8 Å². The summed E-state index contributed by atoms with van der Waals surface area (Å²) in [5.74, 6) is -5.72. The fourth-order valence-corrected chi connectivity index (χ4v) is 7.72. The molecule has 63 heavy (non-hydrogen) atoms. The number of rotatable bonds is 15. The van der Waals surface area contributed by atoms with Crippen LogP contribution in [0.1, 0.15) is 47.6 Å². The molecule has 1 fully saturated rings. The zero-order chi connectivity index (χ0) is 46.0. The van der Waals surface area contributed by atoms with Gasteiger partial charge < -0.3 is 34.8 Å². The van der Waals surface area contributed by atoms with E-state index in [1.54, 1.807) is 34.9 Å². The van der Waals surface area contributed by atoms with Gasteiger partial charge in [-0.3, -0.25) is 14.3 Å². The van der Waals surface area contributed by atoms with E-state index in [1.165, 1.54) is 24.3 Å². The first-order valence-corrected chi connectivity index (χ1v) is 20.6. The van der Waals surface area contributed by atoms with Gasteiger partial charge in [-0.15, -0.1) is 0 Å². The van der Waals surface area contributed by atoms with Gasteiger partial charge in [-0.2, -0.15) is 23.3 Å². The highest BCUT2D eigenvalue weighted by Crippen LogP contribution is 2.31. The summed E-state index contributed by atoms with van der Waals surface area (Å²) in [6.07, 6.45) is -2.14. The van der Waals surface area contributed by atoms with E-state index in [1.807, 2.05) is 29.2 Å². The second-order valence-electron chi connectivity index (χ2n) is 14.7. The van der Waals surface area contributed by atoms with Gasteiger partial charge in [0.25, 0.3) is 5.56 Å². The number of aliphatic hydroxyl groups excluding tert-OH is 2. The van der Waals surface area contributed by atoms with Crippen molar-refractivity contribution in [2.75, 3.05) is 19.6 Å². The van der Waals surface area contributed by atoms with Gasteiger partial charge in [0.2, 0.25) is 5.91 Å². The van der Waals surface area contributed by atoms with E-state index in [4.69, 9.17) is 20.4 Å². The number of alkyl halides is 3. The van der Waals surface area contributed by atoms with Crippen LogP contribution < -0.4 is 5.56 Å². The third-order valence-corrected chi connectivity index (χ3v) is 11.3. The molecule has 3 aromatic carbocycles. The molecule has 1 aliphatic rings. The van der Waals surface area contributed by atoms with Crippen LogP contribution in [0.2, 0.25) is 0 Å². The molecular weight excluding hydrogens is 856 g/mol. The van der Waals surface area contributed by atoms with Crippen LogP contribution in [0.4, 0.5) is 22.0 Å². The molecule has 0 spiro atoms. The van der Waals surface area contributed by atoms with Gasteiger partial charge in [-0.25, -0.2) is 18.4 Å². The first kappa shape index (κ1) is 48.1. The Morgan fingerprint density at radius 3 is 2.02 bits per heavy atom. The van der Waals surface area contributed by atoms with E-state index >= 15 is 0 Å². The van der Waals surface area contributed by atoms with Crippen molar-refractivity contribution in [3.8, 4) is 11.1 Å². The number of amides is 1. The van der Waals surface area contributed by atoms with Crippen LogP contribution in [0.25, 0.3) is 11.1 Å². The Labute approximate surface area is 362 Å². The van der Waals surface area contributed by atoms with Crippen molar-refractivity contribution < 1.29 is 56.8 Å². The second-order valence-corrected chi connectivity index (χ2v) is 15.7.